The highest BCUT2D eigenvalue weighted by Gasteiger charge is 2.23. The molecule has 1 aromatic carbocycles. The van der Waals surface area contributed by atoms with Crippen molar-refractivity contribution in [1.29, 1.82) is 0 Å². The zero-order chi connectivity index (χ0) is 17.5. The van der Waals surface area contributed by atoms with Crippen LogP contribution in [0, 0.1) is 5.92 Å². The minimum absolute atomic E-state index is 0.0853. The van der Waals surface area contributed by atoms with E-state index in [1.54, 1.807) is 24.5 Å². The predicted molar refractivity (Wildman–Crippen MR) is 97.9 cm³/mol. The van der Waals surface area contributed by atoms with E-state index in [1.165, 1.54) is 0 Å². The normalized spacial score (nSPS) is 15.2. The zero-order valence-electron chi connectivity index (χ0n) is 14.6. The van der Waals surface area contributed by atoms with Gasteiger partial charge in [-0.2, -0.15) is 0 Å². The average Bonchev–Trinajstić information content (AvgIpc) is 2.67. The summed E-state index contributed by atoms with van der Waals surface area (Å²) in [7, 11) is 0. The summed E-state index contributed by atoms with van der Waals surface area (Å²) >= 11 is 0. The maximum absolute atomic E-state index is 12.8. The fourth-order valence-electron chi connectivity index (χ4n) is 3.11. The maximum Gasteiger partial charge on any atom is 0.253 e. The number of hydrogen-bond donors (Lipinski definition) is 1. The number of amides is 1. The Morgan fingerprint density at radius 1 is 1.20 bits per heavy atom. The molecule has 1 N–H and O–H groups in total. The molecule has 25 heavy (non-hydrogen) atoms. The molecule has 5 nitrogen and oxygen atoms in total. The zero-order valence-corrected chi connectivity index (χ0v) is 14.6. The van der Waals surface area contributed by atoms with Crippen molar-refractivity contribution in [3.05, 3.63) is 54.4 Å². The molecular weight excluding hydrogens is 314 g/mol. The van der Waals surface area contributed by atoms with Crippen LogP contribution >= 0.6 is 0 Å². The van der Waals surface area contributed by atoms with Gasteiger partial charge >= 0.3 is 0 Å². The number of ether oxygens (including phenoxy) is 1. The molecule has 0 radical (unpaired) electrons. The second kappa shape index (κ2) is 8.62. The molecule has 0 spiro atoms. The fraction of sp³-hybridized carbons (Fsp3) is 0.400. The Kier molecular flexibility index (Phi) is 6.01. The summed E-state index contributed by atoms with van der Waals surface area (Å²) in [4.78, 5) is 18.7. The van der Waals surface area contributed by atoms with Crippen LogP contribution in [0.15, 0.2) is 48.8 Å². The van der Waals surface area contributed by atoms with Crippen LogP contribution in [0.2, 0.25) is 0 Å². The number of nitrogens with zero attached hydrogens (tertiary/aromatic N) is 2. The van der Waals surface area contributed by atoms with E-state index in [0.717, 1.165) is 39.0 Å². The standard InChI is InChI=1S/C20H25N3O2/c1-2-21-15-16-8-12-23(13-9-16)20(24)17-4-3-5-19(14-17)25-18-6-10-22-11-7-18/h3-7,10-11,14,16,21H,2,8-9,12-13,15H2,1H3. The van der Waals surface area contributed by atoms with Crippen molar-refractivity contribution in [3.8, 4) is 11.5 Å². The van der Waals surface area contributed by atoms with Gasteiger partial charge < -0.3 is 15.0 Å². The Labute approximate surface area is 149 Å². The lowest BCUT2D eigenvalue weighted by atomic mass is 9.96. The second-order valence-electron chi connectivity index (χ2n) is 6.36. The SMILES string of the molecule is CCNCC1CCN(C(=O)c2cccc(Oc3ccncc3)c2)CC1. The topological polar surface area (TPSA) is 54.5 Å². The van der Waals surface area contributed by atoms with Gasteiger partial charge in [-0.15, -0.1) is 0 Å². The van der Waals surface area contributed by atoms with Gasteiger partial charge in [0.25, 0.3) is 5.91 Å². The third-order valence-corrected chi connectivity index (χ3v) is 4.55. The summed E-state index contributed by atoms with van der Waals surface area (Å²) in [6.45, 7) is 5.82. The first-order valence-electron chi connectivity index (χ1n) is 8.94. The van der Waals surface area contributed by atoms with Crippen molar-refractivity contribution in [2.24, 2.45) is 5.92 Å². The molecule has 2 aromatic rings. The maximum atomic E-state index is 12.8. The monoisotopic (exact) mass is 339 g/mol. The number of piperidine rings is 1. The van der Waals surface area contributed by atoms with Gasteiger partial charge in [0.1, 0.15) is 11.5 Å². The van der Waals surface area contributed by atoms with Gasteiger partial charge in [0.15, 0.2) is 0 Å². The molecule has 2 heterocycles. The van der Waals surface area contributed by atoms with Crippen LogP contribution in [-0.2, 0) is 0 Å². The van der Waals surface area contributed by atoms with Crippen molar-refractivity contribution in [1.82, 2.24) is 15.2 Å². The summed E-state index contributed by atoms with van der Waals surface area (Å²) in [5, 5.41) is 3.40. The van der Waals surface area contributed by atoms with Crippen molar-refractivity contribution in [3.63, 3.8) is 0 Å². The van der Waals surface area contributed by atoms with E-state index in [4.69, 9.17) is 4.74 Å². The molecule has 1 amide bonds. The highest BCUT2D eigenvalue weighted by atomic mass is 16.5. The first-order chi connectivity index (χ1) is 12.3. The molecule has 0 unspecified atom stereocenters. The summed E-state index contributed by atoms with van der Waals surface area (Å²) in [6, 6.07) is 11.0. The summed E-state index contributed by atoms with van der Waals surface area (Å²) in [6.07, 6.45) is 5.49. The molecular formula is C20H25N3O2. The largest absolute Gasteiger partial charge is 0.457 e. The first kappa shape index (κ1) is 17.4. The Balaban J connectivity index is 1.60. The van der Waals surface area contributed by atoms with E-state index in [9.17, 15) is 4.79 Å². The number of carbonyl (C=O) groups is 1. The van der Waals surface area contributed by atoms with Gasteiger partial charge in [-0.1, -0.05) is 13.0 Å². The molecule has 5 heteroatoms. The number of rotatable bonds is 6. The quantitative estimate of drug-likeness (QED) is 0.877. The van der Waals surface area contributed by atoms with Crippen LogP contribution in [0.1, 0.15) is 30.1 Å². The molecule has 0 saturated carbocycles. The molecule has 0 aliphatic carbocycles. The molecule has 1 saturated heterocycles. The van der Waals surface area contributed by atoms with Crippen molar-refractivity contribution >= 4 is 5.91 Å². The van der Waals surface area contributed by atoms with Crippen LogP contribution in [0.4, 0.5) is 0 Å². The molecule has 1 aliphatic rings. The summed E-state index contributed by atoms with van der Waals surface area (Å²) < 4.78 is 5.80. The van der Waals surface area contributed by atoms with Crippen molar-refractivity contribution < 1.29 is 9.53 Å². The van der Waals surface area contributed by atoms with E-state index in [1.807, 2.05) is 29.2 Å². The van der Waals surface area contributed by atoms with E-state index in [-0.39, 0.29) is 5.91 Å². The number of likely N-dealkylation sites (tertiary alicyclic amines) is 1. The smallest absolute Gasteiger partial charge is 0.253 e. The third-order valence-electron chi connectivity index (χ3n) is 4.55. The minimum atomic E-state index is 0.0853. The van der Waals surface area contributed by atoms with Crippen LogP contribution < -0.4 is 10.1 Å². The number of nitrogens with one attached hydrogen (secondary N) is 1. The predicted octanol–water partition coefficient (Wildman–Crippen LogP) is 3.34. The molecule has 1 aliphatic heterocycles. The molecule has 0 atom stereocenters. The lowest BCUT2D eigenvalue weighted by Crippen LogP contribution is -2.40. The van der Waals surface area contributed by atoms with E-state index >= 15 is 0 Å². The molecule has 132 valence electrons. The Morgan fingerprint density at radius 3 is 2.68 bits per heavy atom. The van der Waals surface area contributed by atoms with Gasteiger partial charge in [-0.3, -0.25) is 9.78 Å². The van der Waals surface area contributed by atoms with Crippen molar-refractivity contribution in [2.45, 2.75) is 19.8 Å². The highest BCUT2D eigenvalue weighted by Crippen LogP contribution is 2.23. The van der Waals surface area contributed by atoms with Crippen LogP contribution in [0.5, 0.6) is 11.5 Å². The average molecular weight is 339 g/mol. The number of pyridine rings is 1. The van der Waals surface area contributed by atoms with Crippen LogP contribution in [-0.4, -0.2) is 42.0 Å². The number of carbonyl (C=O) groups excluding carboxylic acids is 1. The molecule has 3 rings (SSSR count). The van der Waals surface area contributed by atoms with Gasteiger partial charge in [0.2, 0.25) is 0 Å². The van der Waals surface area contributed by atoms with E-state index in [2.05, 4.69) is 17.2 Å². The lowest BCUT2D eigenvalue weighted by molar-refractivity contribution is 0.0690. The Morgan fingerprint density at radius 2 is 1.96 bits per heavy atom. The number of benzene rings is 1. The third kappa shape index (κ3) is 4.79. The second-order valence-corrected chi connectivity index (χ2v) is 6.36. The number of hydrogen-bond acceptors (Lipinski definition) is 4. The highest BCUT2D eigenvalue weighted by molar-refractivity contribution is 5.94. The van der Waals surface area contributed by atoms with Crippen LogP contribution in [0.3, 0.4) is 0 Å². The lowest BCUT2D eigenvalue weighted by Gasteiger charge is -2.32. The molecule has 0 bridgehead atoms. The first-order valence-corrected chi connectivity index (χ1v) is 8.94. The Hall–Kier alpha value is -2.40. The van der Waals surface area contributed by atoms with Crippen LogP contribution in [0.25, 0.3) is 0 Å². The van der Waals surface area contributed by atoms with Gasteiger partial charge in [0.05, 0.1) is 0 Å². The van der Waals surface area contributed by atoms with Gasteiger partial charge in [-0.05, 0) is 62.2 Å². The number of aromatic nitrogens is 1. The molecule has 1 aromatic heterocycles. The molecule has 1 fully saturated rings. The van der Waals surface area contributed by atoms with Gasteiger partial charge in [0, 0.05) is 31.0 Å². The Bertz CT molecular complexity index is 682. The van der Waals surface area contributed by atoms with E-state index < -0.39 is 0 Å². The van der Waals surface area contributed by atoms with Crippen molar-refractivity contribution in [2.75, 3.05) is 26.2 Å². The fourth-order valence-corrected chi connectivity index (χ4v) is 3.11. The van der Waals surface area contributed by atoms with E-state index in [0.29, 0.717) is 23.0 Å². The van der Waals surface area contributed by atoms with Gasteiger partial charge in [-0.25, -0.2) is 0 Å². The minimum Gasteiger partial charge on any atom is -0.457 e. The summed E-state index contributed by atoms with van der Waals surface area (Å²) in [5.41, 5.74) is 0.677. The summed E-state index contributed by atoms with van der Waals surface area (Å²) in [5.74, 6) is 2.13.